The molecule has 8 heteroatoms. The van der Waals surface area contributed by atoms with E-state index in [9.17, 15) is 14.9 Å². The maximum atomic E-state index is 12.0. The van der Waals surface area contributed by atoms with E-state index in [0.717, 1.165) is 16.3 Å². The molecule has 3 aromatic rings. The molecular formula is C18H14ClN3O3S. The second-order valence-electron chi connectivity index (χ2n) is 5.44. The van der Waals surface area contributed by atoms with Gasteiger partial charge in [-0.2, -0.15) is 0 Å². The van der Waals surface area contributed by atoms with Crippen molar-refractivity contribution < 1.29 is 9.72 Å². The average Bonchev–Trinajstić information content (AvgIpc) is 3.11. The first kappa shape index (κ1) is 18.0. The first-order valence-electron chi connectivity index (χ1n) is 7.76. The molecule has 0 atom stereocenters. The number of hydrogen-bond acceptors (Lipinski definition) is 5. The SMILES string of the molecule is O=C(NCCc1nc(-c2ccc([N+](=O)[O-])cc2)cs1)c1ccc(Cl)cc1. The number of nitrogens with zero attached hydrogens (tertiary/aromatic N) is 2. The standard InChI is InChI=1S/C18H14ClN3O3S/c19-14-5-1-13(2-6-14)18(23)20-10-9-17-21-16(11-26-17)12-3-7-15(8-4-12)22(24)25/h1-8,11H,9-10H2,(H,20,23). The number of carbonyl (C=O) groups is 1. The number of aromatic nitrogens is 1. The summed E-state index contributed by atoms with van der Waals surface area (Å²) in [6.07, 6.45) is 0.608. The summed E-state index contributed by atoms with van der Waals surface area (Å²) in [5.74, 6) is -0.159. The predicted octanol–water partition coefficient (Wildman–Crippen LogP) is 4.34. The van der Waals surface area contributed by atoms with Crippen LogP contribution >= 0.6 is 22.9 Å². The maximum Gasteiger partial charge on any atom is 0.269 e. The van der Waals surface area contributed by atoms with Gasteiger partial charge in [0.1, 0.15) is 0 Å². The molecule has 1 aromatic heterocycles. The van der Waals surface area contributed by atoms with Crippen LogP contribution in [0.25, 0.3) is 11.3 Å². The van der Waals surface area contributed by atoms with E-state index in [4.69, 9.17) is 11.6 Å². The zero-order valence-electron chi connectivity index (χ0n) is 13.5. The normalized spacial score (nSPS) is 10.5. The third-order valence-corrected chi connectivity index (χ3v) is 4.82. The van der Waals surface area contributed by atoms with Crippen LogP contribution in [0.1, 0.15) is 15.4 Å². The first-order chi connectivity index (χ1) is 12.5. The molecule has 26 heavy (non-hydrogen) atoms. The first-order valence-corrected chi connectivity index (χ1v) is 9.02. The molecule has 0 aliphatic rings. The van der Waals surface area contributed by atoms with Gasteiger partial charge in [-0.15, -0.1) is 11.3 Å². The van der Waals surface area contributed by atoms with E-state index in [1.807, 2.05) is 5.38 Å². The van der Waals surface area contributed by atoms with Crippen molar-refractivity contribution in [3.8, 4) is 11.3 Å². The van der Waals surface area contributed by atoms with E-state index in [2.05, 4.69) is 10.3 Å². The number of thiazole rings is 1. The number of carbonyl (C=O) groups excluding carboxylic acids is 1. The van der Waals surface area contributed by atoms with Crippen molar-refractivity contribution in [2.75, 3.05) is 6.54 Å². The lowest BCUT2D eigenvalue weighted by molar-refractivity contribution is -0.384. The Bertz CT molecular complexity index is 924. The molecule has 0 aliphatic heterocycles. The highest BCUT2D eigenvalue weighted by Gasteiger charge is 2.09. The summed E-state index contributed by atoms with van der Waals surface area (Å²) in [7, 11) is 0. The smallest absolute Gasteiger partial charge is 0.269 e. The third-order valence-electron chi connectivity index (χ3n) is 3.66. The Morgan fingerprint density at radius 3 is 2.50 bits per heavy atom. The second-order valence-corrected chi connectivity index (χ2v) is 6.82. The number of nitro benzene ring substituents is 1. The molecule has 0 radical (unpaired) electrons. The number of amides is 1. The number of non-ortho nitro benzene ring substituents is 1. The Balaban J connectivity index is 1.56. The number of nitro groups is 1. The van der Waals surface area contributed by atoms with Crippen LogP contribution in [0, 0.1) is 10.1 Å². The van der Waals surface area contributed by atoms with E-state index in [1.165, 1.54) is 23.5 Å². The van der Waals surface area contributed by atoms with E-state index < -0.39 is 4.92 Å². The van der Waals surface area contributed by atoms with Gasteiger partial charge in [-0.3, -0.25) is 14.9 Å². The van der Waals surface area contributed by atoms with E-state index in [-0.39, 0.29) is 11.6 Å². The van der Waals surface area contributed by atoms with Crippen LogP contribution in [-0.2, 0) is 6.42 Å². The van der Waals surface area contributed by atoms with Crippen molar-refractivity contribution in [3.63, 3.8) is 0 Å². The van der Waals surface area contributed by atoms with Crippen molar-refractivity contribution in [1.82, 2.24) is 10.3 Å². The highest BCUT2D eigenvalue weighted by molar-refractivity contribution is 7.09. The Labute approximate surface area is 158 Å². The summed E-state index contributed by atoms with van der Waals surface area (Å²) in [6.45, 7) is 0.467. The van der Waals surface area contributed by atoms with Gasteiger partial charge < -0.3 is 5.32 Å². The van der Waals surface area contributed by atoms with Gasteiger partial charge in [0.25, 0.3) is 11.6 Å². The molecule has 1 heterocycles. The summed E-state index contributed by atoms with van der Waals surface area (Å²) in [6, 6.07) is 13.0. The fourth-order valence-electron chi connectivity index (χ4n) is 2.30. The Morgan fingerprint density at radius 1 is 1.15 bits per heavy atom. The number of rotatable bonds is 6. The highest BCUT2D eigenvalue weighted by atomic mass is 35.5. The van der Waals surface area contributed by atoms with E-state index in [0.29, 0.717) is 23.6 Å². The highest BCUT2D eigenvalue weighted by Crippen LogP contribution is 2.24. The van der Waals surface area contributed by atoms with Gasteiger partial charge in [-0.25, -0.2) is 4.98 Å². The Morgan fingerprint density at radius 2 is 1.85 bits per heavy atom. The quantitative estimate of drug-likeness (QED) is 0.503. The Kier molecular flexibility index (Phi) is 5.60. The molecule has 3 rings (SSSR count). The van der Waals surface area contributed by atoms with Crippen molar-refractivity contribution in [3.05, 3.63) is 79.6 Å². The number of halogens is 1. The van der Waals surface area contributed by atoms with E-state index >= 15 is 0 Å². The fraction of sp³-hybridized carbons (Fsp3) is 0.111. The topological polar surface area (TPSA) is 85.1 Å². The summed E-state index contributed by atoms with van der Waals surface area (Å²) < 4.78 is 0. The molecule has 0 spiro atoms. The molecule has 0 saturated heterocycles. The lowest BCUT2D eigenvalue weighted by Crippen LogP contribution is -2.25. The van der Waals surface area contributed by atoms with Gasteiger partial charge in [0.2, 0.25) is 0 Å². The van der Waals surface area contributed by atoms with Crippen LogP contribution in [-0.4, -0.2) is 22.4 Å². The van der Waals surface area contributed by atoms with Gasteiger partial charge in [-0.05, 0) is 36.4 Å². The molecule has 0 fully saturated rings. The largest absolute Gasteiger partial charge is 0.352 e. The van der Waals surface area contributed by atoms with Crippen molar-refractivity contribution in [2.45, 2.75) is 6.42 Å². The van der Waals surface area contributed by atoms with Crippen LogP contribution in [0.5, 0.6) is 0 Å². The van der Waals surface area contributed by atoms with Crippen LogP contribution in [0.3, 0.4) is 0 Å². The number of hydrogen-bond donors (Lipinski definition) is 1. The minimum atomic E-state index is -0.431. The second kappa shape index (κ2) is 8.07. The zero-order valence-corrected chi connectivity index (χ0v) is 15.1. The monoisotopic (exact) mass is 387 g/mol. The van der Waals surface area contributed by atoms with Gasteiger partial charge in [0.15, 0.2) is 0 Å². The summed E-state index contributed by atoms with van der Waals surface area (Å²) in [5.41, 5.74) is 2.20. The van der Waals surface area contributed by atoms with Gasteiger partial charge in [-0.1, -0.05) is 11.6 Å². The van der Waals surface area contributed by atoms with Crippen LogP contribution < -0.4 is 5.32 Å². The van der Waals surface area contributed by atoms with Gasteiger partial charge >= 0.3 is 0 Å². The lowest BCUT2D eigenvalue weighted by Gasteiger charge is -2.04. The fourth-order valence-corrected chi connectivity index (χ4v) is 3.23. The van der Waals surface area contributed by atoms with Gasteiger partial charge in [0.05, 0.1) is 15.6 Å². The number of benzene rings is 2. The van der Waals surface area contributed by atoms with Crippen molar-refractivity contribution in [2.24, 2.45) is 0 Å². The minimum Gasteiger partial charge on any atom is -0.352 e. The summed E-state index contributed by atoms with van der Waals surface area (Å²) in [5, 5.41) is 16.9. The third kappa shape index (κ3) is 4.44. The molecule has 1 N–H and O–H groups in total. The van der Waals surface area contributed by atoms with E-state index in [1.54, 1.807) is 36.4 Å². The molecule has 6 nitrogen and oxygen atoms in total. The van der Waals surface area contributed by atoms with Crippen molar-refractivity contribution in [1.29, 1.82) is 0 Å². The molecule has 0 aliphatic carbocycles. The molecule has 132 valence electrons. The average molecular weight is 388 g/mol. The maximum absolute atomic E-state index is 12.0. The molecule has 0 saturated carbocycles. The summed E-state index contributed by atoms with van der Waals surface area (Å²) >= 11 is 7.30. The predicted molar refractivity (Wildman–Crippen MR) is 102 cm³/mol. The van der Waals surface area contributed by atoms with Crippen molar-refractivity contribution >= 4 is 34.5 Å². The zero-order chi connectivity index (χ0) is 18.5. The number of nitrogens with one attached hydrogen (secondary N) is 1. The molecule has 2 aromatic carbocycles. The summed E-state index contributed by atoms with van der Waals surface area (Å²) in [4.78, 5) is 26.8. The molecule has 0 bridgehead atoms. The lowest BCUT2D eigenvalue weighted by atomic mass is 10.1. The van der Waals surface area contributed by atoms with Gasteiger partial charge in [0, 0.05) is 46.6 Å². The van der Waals surface area contributed by atoms with Crippen LogP contribution in [0.2, 0.25) is 5.02 Å². The Hall–Kier alpha value is -2.77. The molecular weight excluding hydrogens is 374 g/mol. The molecule has 0 unspecified atom stereocenters. The minimum absolute atomic E-state index is 0.0501. The van der Waals surface area contributed by atoms with Crippen LogP contribution in [0.15, 0.2) is 53.9 Å². The van der Waals surface area contributed by atoms with Crippen LogP contribution in [0.4, 0.5) is 5.69 Å². The molecule has 1 amide bonds.